The highest BCUT2D eigenvalue weighted by atomic mass is 35.5. The Morgan fingerprint density at radius 1 is 1.20 bits per heavy atom. The predicted molar refractivity (Wildman–Crippen MR) is 93.2 cm³/mol. The number of ether oxygens (including phenoxy) is 1. The van der Waals surface area contributed by atoms with E-state index in [1.165, 1.54) is 0 Å². The zero-order valence-corrected chi connectivity index (χ0v) is 14.2. The first-order valence-electron chi connectivity index (χ1n) is 7.68. The summed E-state index contributed by atoms with van der Waals surface area (Å²) < 4.78 is 10.6. The normalized spacial score (nSPS) is 11.8. The maximum atomic E-state index is 12.0. The third-order valence-electron chi connectivity index (χ3n) is 3.41. The summed E-state index contributed by atoms with van der Waals surface area (Å²) in [5.41, 5.74) is 0.849. The molecule has 7 heteroatoms. The largest absolute Gasteiger partial charge is 0.484 e. The van der Waals surface area contributed by atoms with E-state index in [1.54, 1.807) is 31.2 Å². The lowest BCUT2D eigenvalue weighted by Gasteiger charge is -2.10. The van der Waals surface area contributed by atoms with E-state index in [1.807, 2.05) is 30.3 Å². The maximum Gasteiger partial charge on any atom is 0.258 e. The molecule has 2 aromatic carbocycles. The van der Waals surface area contributed by atoms with E-state index >= 15 is 0 Å². The van der Waals surface area contributed by atoms with E-state index < -0.39 is 6.04 Å². The number of hydrogen-bond acceptors (Lipinski definition) is 5. The first kappa shape index (κ1) is 17.0. The van der Waals surface area contributed by atoms with Crippen LogP contribution in [-0.2, 0) is 4.79 Å². The van der Waals surface area contributed by atoms with Crippen molar-refractivity contribution in [3.8, 4) is 17.1 Å². The summed E-state index contributed by atoms with van der Waals surface area (Å²) in [6, 6.07) is 15.8. The molecule has 0 spiro atoms. The third kappa shape index (κ3) is 4.58. The standard InChI is InChI=1S/C18H16ClN3O3/c1-12(18-21-17(22-25-18)13-5-3-2-4-6-13)20-16(23)11-24-15-9-7-14(19)8-10-15/h2-10,12H,11H2,1H3,(H,20,23)/t12-/m0/s1. The van der Waals surface area contributed by atoms with Crippen molar-refractivity contribution in [1.82, 2.24) is 15.5 Å². The van der Waals surface area contributed by atoms with Crippen LogP contribution in [0.5, 0.6) is 5.75 Å². The van der Waals surface area contributed by atoms with E-state index in [4.69, 9.17) is 20.9 Å². The molecule has 3 aromatic rings. The Balaban J connectivity index is 1.55. The van der Waals surface area contributed by atoms with Gasteiger partial charge in [0, 0.05) is 10.6 Å². The summed E-state index contributed by atoms with van der Waals surface area (Å²) in [5, 5.41) is 7.30. The molecule has 0 radical (unpaired) electrons. The monoisotopic (exact) mass is 357 g/mol. The van der Waals surface area contributed by atoms with Gasteiger partial charge in [-0.05, 0) is 31.2 Å². The van der Waals surface area contributed by atoms with Crippen LogP contribution >= 0.6 is 11.6 Å². The number of rotatable bonds is 6. The summed E-state index contributed by atoms with van der Waals surface area (Å²) >= 11 is 5.80. The molecule has 128 valence electrons. The second kappa shape index (κ2) is 7.81. The molecule has 1 aromatic heterocycles. The Kier molecular flexibility index (Phi) is 5.30. The fourth-order valence-electron chi connectivity index (χ4n) is 2.14. The number of hydrogen-bond donors (Lipinski definition) is 1. The number of carbonyl (C=O) groups is 1. The average Bonchev–Trinajstić information content (AvgIpc) is 3.12. The number of amides is 1. The van der Waals surface area contributed by atoms with Crippen molar-refractivity contribution >= 4 is 17.5 Å². The SMILES string of the molecule is C[C@H](NC(=O)COc1ccc(Cl)cc1)c1nc(-c2ccccc2)no1. The van der Waals surface area contributed by atoms with Crippen molar-refractivity contribution < 1.29 is 14.1 Å². The summed E-state index contributed by atoms with van der Waals surface area (Å²) in [7, 11) is 0. The Bertz CT molecular complexity index is 834. The molecule has 0 aliphatic carbocycles. The average molecular weight is 358 g/mol. The quantitative estimate of drug-likeness (QED) is 0.728. The molecule has 0 aliphatic heterocycles. The molecule has 6 nitrogen and oxygen atoms in total. The van der Waals surface area contributed by atoms with Gasteiger partial charge in [0.1, 0.15) is 11.8 Å². The van der Waals surface area contributed by atoms with Gasteiger partial charge in [-0.1, -0.05) is 47.1 Å². The maximum absolute atomic E-state index is 12.0. The fourth-order valence-corrected chi connectivity index (χ4v) is 2.27. The molecular weight excluding hydrogens is 342 g/mol. The van der Waals surface area contributed by atoms with Gasteiger partial charge in [0.2, 0.25) is 11.7 Å². The number of nitrogens with one attached hydrogen (secondary N) is 1. The van der Waals surface area contributed by atoms with Crippen molar-refractivity contribution in [3.05, 3.63) is 65.5 Å². The molecule has 1 N–H and O–H groups in total. The lowest BCUT2D eigenvalue weighted by molar-refractivity contribution is -0.123. The summed E-state index contributed by atoms with van der Waals surface area (Å²) in [4.78, 5) is 16.3. The van der Waals surface area contributed by atoms with Gasteiger partial charge in [0.15, 0.2) is 6.61 Å². The highest BCUT2D eigenvalue weighted by Crippen LogP contribution is 2.18. The molecule has 0 unspecified atom stereocenters. The molecule has 0 aliphatic rings. The van der Waals surface area contributed by atoms with E-state index in [9.17, 15) is 4.79 Å². The van der Waals surface area contributed by atoms with Crippen molar-refractivity contribution in [2.24, 2.45) is 0 Å². The molecule has 1 heterocycles. The second-order valence-electron chi connectivity index (χ2n) is 5.35. The lowest BCUT2D eigenvalue weighted by atomic mass is 10.2. The first-order valence-corrected chi connectivity index (χ1v) is 8.06. The number of aromatic nitrogens is 2. The smallest absolute Gasteiger partial charge is 0.258 e. The molecule has 0 saturated heterocycles. The van der Waals surface area contributed by atoms with Crippen LogP contribution in [0.25, 0.3) is 11.4 Å². The van der Waals surface area contributed by atoms with Crippen molar-refractivity contribution in [3.63, 3.8) is 0 Å². The number of halogens is 1. The van der Waals surface area contributed by atoms with E-state index in [2.05, 4.69) is 15.5 Å². The predicted octanol–water partition coefficient (Wildman–Crippen LogP) is 3.65. The minimum absolute atomic E-state index is 0.119. The van der Waals surface area contributed by atoms with E-state index in [0.717, 1.165) is 5.56 Å². The molecule has 1 amide bonds. The van der Waals surface area contributed by atoms with Gasteiger partial charge in [0.05, 0.1) is 0 Å². The van der Waals surface area contributed by atoms with Gasteiger partial charge < -0.3 is 14.6 Å². The van der Waals surface area contributed by atoms with Crippen LogP contribution in [0.3, 0.4) is 0 Å². The van der Waals surface area contributed by atoms with Crippen LogP contribution in [0.15, 0.2) is 59.1 Å². The Morgan fingerprint density at radius 3 is 2.64 bits per heavy atom. The molecule has 0 bridgehead atoms. The lowest BCUT2D eigenvalue weighted by Crippen LogP contribution is -2.31. The van der Waals surface area contributed by atoms with Gasteiger partial charge in [-0.15, -0.1) is 0 Å². The van der Waals surface area contributed by atoms with Crippen LogP contribution in [0, 0.1) is 0 Å². The fraction of sp³-hybridized carbons (Fsp3) is 0.167. The Labute approximate surface area is 149 Å². The number of benzene rings is 2. The van der Waals surface area contributed by atoms with Crippen molar-refractivity contribution in [2.75, 3.05) is 6.61 Å². The first-order chi connectivity index (χ1) is 12.1. The third-order valence-corrected chi connectivity index (χ3v) is 3.66. The van der Waals surface area contributed by atoms with Gasteiger partial charge in [-0.2, -0.15) is 4.98 Å². The summed E-state index contributed by atoms with van der Waals surface area (Å²) in [6.45, 7) is 1.65. The highest BCUT2D eigenvalue weighted by Gasteiger charge is 2.17. The van der Waals surface area contributed by atoms with Gasteiger partial charge >= 0.3 is 0 Å². The minimum atomic E-state index is -0.425. The Hall–Kier alpha value is -2.86. The Morgan fingerprint density at radius 2 is 1.92 bits per heavy atom. The second-order valence-corrected chi connectivity index (χ2v) is 5.79. The molecule has 25 heavy (non-hydrogen) atoms. The zero-order valence-electron chi connectivity index (χ0n) is 13.5. The molecule has 3 rings (SSSR count). The van der Waals surface area contributed by atoms with Crippen molar-refractivity contribution in [2.45, 2.75) is 13.0 Å². The van der Waals surface area contributed by atoms with E-state index in [0.29, 0.717) is 22.5 Å². The van der Waals surface area contributed by atoms with Crippen LogP contribution in [0.1, 0.15) is 18.9 Å². The molecule has 0 saturated carbocycles. The van der Waals surface area contributed by atoms with Crippen LogP contribution < -0.4 is 10.1 Å². The highest BCUT2D eigenvalue weighted by molar-refractivity contribution is 6.30. The van der Waals surface area contributed by atoms with Gasteiger partial charge in [-0.25, -0.2) is 0 Å². The van der Waals surface area contributed by atoms with Gasteiger partial charge in [0.25, 0.3) is 5.91 Å². The topological polar surface area (TPSA) is 77.2 Å². The van der Waals surface area contributed by atoms with Crippen molar-refractivity contribution in [1.29, 1.82) is 0 Å². The van der Waals surface area contributed by atoms with Gasteiger partial charge in [-0.3, -0.25) is 4.79 Å². The summed E-state index contributed by atoms with van der Waals surface area (Å²) in [5.74, 6) is 1.09. The number of nitrogens with zero attached hydrogens (tertiary/aromatic N) is 2. The minimum Gasteiger partial charge on any atom is -0.484 e. The number of carbonyl (C=O) groups excluding carboxylic acids is 1. The van der Waals surface area contributed by atoms with Crippen LogP contribution in [-0.4, -0.2) is 22.7 Å². The molecule has 1 atom stereocenters. The van der Waals surface area contributed by atoms with Crippen LogP contribution in [0.2, 0.25) is 5.02 Å². The van der Waals surface area contributed by atoms with Crippen LogP contribution in [0.4, 0.5) is 0 Å². The van der Waals surface area contributed by atoms with E-state index in [-0.39, 0.29) is 12.5 Å². The zero-order chi connectivity index (χ0) is 17.6. The molecule has 0 fully saturated rings. The molecular formula is C18H16ClN3O3. The summed E-state index contributed by atoms with van der Waals surface area (Å²) in [6.07, 6.45) is 0.